The fourth-order valence-electron chi connectivity index (χ4n) is 1.76. The first-order valence-corrected chi connectivity index (χ1v) is 5.65. The van der Waals surface area contributed by atoms with Gasteiger partial charge in [0, 0.05) is 5.56 Å². The second-order valence-electron chi connectivity index (χ2n) is 4.01. The number of para-hydroxylation sites is 1. The monoisotopic (exact) mass is 272 g/mol. The summed E-state index contributed by atoms with van der Waals surface area (Å²) in [7, 11) is 0. The maximum absolute atomic E-state index is 13.5. The number of hydrogen-bond acceptors (Lipinski definition) is 4. The van der Waals surface area contributed by atoms with Crippen molar-refractivity contribution in [2.24, 2.45) is 0 Å². The largest absolute Gasteiger partial charge is 0.449 e. The van der Waals surface area contributed by atoms with E-state index < -0.39 is 10.7 Å². The summed E-state index contributed by atoms with van der Waals surface area (Å²) in [6.45, 7) is 1.57. The molecule has 0 aliphatic carbocycles. The first-order valence-electron chi connectivity index (χ1n) is 5.65. The SMILES string of the molecule is Cc1cccc(Oc2cccc(F)c2C#N)c1[N+](=O)[O-]. The van der Waals surface area contributed by atoms with Crippen molar-refractivity contribution in [1.82, 2.24) is 0 Å². The van der Waals surface area contributed by atoms with E-state index in [4.69, 9.17) is 10.00 Å². The van der Waals surface area contributed by atoms with E-state index in [0.29, 0.717) is 5.56 Å². The van der Waals surface area contributed by atoms with Crippen molar-refractivity contribution < 1.29 is 14.1 Å². The average Bonchev–Trinajstić information content (AvgIpc) is 2.38. The molecule has 2 aromatic carbocycles. The first kappa shape index (κ1) is 13.5. The molecule has 0 unspecified atom stereocenters. The maximum atomic E-state index is 13.5. The van der Waals surface area contributed by atoms with Gasteiger partial charge in [0.05, 0.1) is 4.92 Å². The van der Waals surface area contributed by atoms with E-state index in [2.05, 4.69) is 0 Å². The van der Waals surface area contributed by atoms with E-state index in [1.165, 1.54) is 18.2 Å². The van der Waals surface area contributed by atoms with Gasteiger partial charge in [-0.2, -0.15) is 5.26 Å². The zero-order chi connectivity index (χ0) is 14.7. The van der Waals surface area contributed by atoms with Crippen LogP contribution in [0.1, 0.15) is 11.1 Å². The summed E-state index contributed by atoms with van der Waals surface area (Å²) in [5.41, 5.74) is -0.0774. The summed E-state index contributed by atoms with van der Waals surface area (Å²) < 4.78 is 18.8. The number of nitrogens with zero attached hydrogens (tertiary/aromatic N) is 2. The average molecular weight is 272 g/mol. The number of halogens is 1. The predicted molar refractivity (Wildman–Crippen MR) is 69.0 cm³/mol. The number of nitro benzene ring substituents is 1. The summed E-state index contributed by atoms with van der Waals surface area (Å²) in [4.78, 5) is 10.5. The molecule has 100 valence electrons. The highest BCUT2D eigenvalue weighted by molar-refractivity contribution is 5.55. The Hall–Kier alpha value is -2.94. The van der Waals surface area contributed by atoms with Gasteiger partial charge >= 0.3 is 5.69 Å². The summed E-state index contributed by atoms with van der Waals surface area (Å²) in [5, 5.41) is 19.9. The second kappa shape index (κ2) is 5.36. The lowest BCUT2D eigenvalue weighted by Crippen LogP contribution is -1.97. The minimum Gasteiger partial charge on any atom is -0.449 e. The van der Waals surface area contributed by atoms with Crippen molar-refractivity contribution in [2.75, 3.05) is 0 Å². The Morgan fingerprint density at radius 2 is 1.90 bits per heavy atom. The molecule has 0 bridgehead atoms. The third kappa shape index (κ3) is 2.42. The van der Waals surface area contributed by atoms with Gasteiger partial charge in [-0.05, 0) is 25.1 Å². The van der Waals surface area contributed by atoms with E-state index >= 15 is 0 Å². The minimum absolute atomic E-state index is 0.0305. The Morgan fingerprint density at radius 3 is 2.55 bits per heavy atom. The Kier molecular flexibility index (Phi) is 3.62. The number of hydrogen-bond donors (Lipinski definition) is 0. The van der Waals surface area contributed by atoms with Gasteiger partial charge in [0.2, 0.25) is 5.75 Å². The van der Waals surface area contributed by atoms with Crippen LogP contribution in [-0.4, -0.2) is 4.92 Å². The summed E-state index contributed by atoms with van der Waals surface area (Å²) in [6.07, 6.45) is 0. The lowest BCUT2D eigenvalue weighted by molar-refractivity contribution is -0.386. The topological polar surface area (TPSA) is 76.2 Å². The molecule has 0 aromatic heterocycles. The van der Waals surface area contributed by atoms with Gasteiger partial charge < -0.3 is 4.74 Å². The molecular formula is C14H9FN2O3. The maximum Gasteiger partial charge on any atom is 0.314 e. The number of ether oxygens (including phenoxy) is 1. The normalized spacial score (nSPS) is 9.85. The first-order chi connectivity index (χ1) is 9.54. The van der Waals surface area contributed by atoms with Crippen LogP contribution >= 0.6 is 0 Å². The number of benzene rings is 2. The van der Waals surface area contributed by atoms with Gasteiger partial charge in [0.1, 0.15) is 23.2 Å². The standard InChI is InChI=1S/C14H9FN2O3/c1-9-4-2-7-13(14(9)17(18)19)20-12-6-3-5-11(15)10(12)8-16/h2-7H,1H3. The summed E-state index contributed by atoms with van der Waals surface area (Å²) in [6, 6.07) is 10.1. The van der Waals surface area contributed by atoms with Crippen molar-refractivity contribution in [2.45, 2.75) is 6.92 Å². The van der Waals surface area contributed by atoms with Gasteiger partial charge in [0.15, 0.2) is 0 Å². The molecule has 0 fully saturated rings. The molecule has 0 amide bonds. The molecule has 0 spiro atoms. The van der Waals surface area contributed by atoms with Gasteiger partial charge in [-0.3, -0.25) is 10.1 Å². The molecule has 6 heteroatoms. The fraction of sp³-hybridized carbons (Fsp3) is 0.0714. The number of rotatable bonds is 3. The van der Waals surface area contributed by atoms with Crippen molar-refractivity contribution in [3.05, 3.63) is 63.5 Å². The molecule has 0 saturated carbocycles. The number of aryl methyl sites for hydroxylation is 1. The molecule has 0 N–H and O–H groups in total. The molecule has 2 aromatic rings. The lowest BCUT2D eigenvalue weighted by atomic mass is 10.2. The molecule has 2 rings (SSSR count). The Labute approximate surface area is 114 Å². The highest BCUT2D eigenvalue weighted by Crippen LogP contribution is 2.35. The molecule has 20 heavy (non-hydrogen) atoms. The van der Waals surface area contributed by atoms with Gasteiger partial charge in [0.25, 0.3) is 0 Å². The lowest BCUT2D eigenvalue weighted by Gasteiger charge is -2.09. The molecule has 0 aliphatic heterocycles. The molecule has 0 heterocycles. The molecule has 0 aliphatic rings. The van der Waals surface area contributed by atoms with Crippen LogP contribution in [0.25, 0.3) is 0 Å². The smallest absolute Gasteiger partial charge is 0.314 e. The van der Waals surface area contributed by atoms with Gasteiger partial charge in [-0.25, -0.2) is 4.39 Å². The second-order valence-corrected chi connectivity index (χ2v) is 4.01. The van der Waals surface area contributed by atoms with Crippen LogP contribution in [0, 0.1) is 34.2 Å². The highest BCUT2D eigenvalue weighted by Gasteiger charge is 2.20. The van der Waals surface area contributed by atoms with E-state index in [1.54, 1.807) is 25.1 Å². The van der Waals surface area contributed by atoms with Crippen LogP contribution in [0.3, 0.4) is 0 Å². The molecule has 5 nitrogen and oxygen atoms in total. The summed E-state index contributed by atoms with van der Waals surface area (Å²) in [5.74, 6) is -0.821. The van der Waals surface area contributed by atoms with Gasteiger partial charge in [-0.1, -0.05) is 18.2 Å². The number of nitro groups is 1. The Morgan fingerprint density at radius 1 is 1.25 bits per heavy atom. The van der Waals surface area contributed by atoms with Crippen LogP contribution in [0.2, 0.25) is 0 Å². The van der Waals surface area contributed by atoms with Crippen molar-refractivity contribution >= 4 is 5.69 Å². The molecular weight excluding hydrogens is 263 g/mol. The zero-order valence-corrected chi connectivity index (χ0v) is 10.5. The van der Waals surface area contributed by atoms with Crippen LogP contribution in [0.4, 0.5) is 10.1 Å². The molecule has 0 radical (unpaired) electrons. The van der Waals surface area contributed by atoms with Gasteiger partial charge in [-0.15, -0.1) is 0 Å². The highest BCUT2D eigenvalue weighted by atomic mass is 19.1. The van der Waals surface area contributed by atoms with Crippen LogP contribution in [0.15, 0.2) is 36.4 Å². The van der Waals surface area contributed by atoms with E-state index in [-0.39, 0.29) is 22.7 Å². The quantitative estimate of drug-likeness (QED) is 0.630. The molecule has 0 saturated heterocycles. The number of nitriles is 1. The predicted octanol–water partition coefficient (Wildman–Crippen LogP) is 3.71. The van der Waals surface area contributed by atoms with Crippen molar-refractivity contribution in [1.29, 1.82) is 5.26 Å². The minimum atomic E-state index is -0.736. The van der Waals surface area contributed by atoms with E-state index in [1.807, 2.05) is 0 Å². The van der Waals surface area contributed by atoms with Crippen molar-refractivity contribution in [3.63, 3.8) is 0 Å². The third-order valence-electron chi connectivity index (χ3n) is 2.69. The van der Waals surface area contributed by atoms with E-state index in [0.717, 1.165) is 6.07 Å². The Balaban J connectivity index is 2.52. The zero-order valence-electron chi connectivity index (χ0n) is 10.5. The third-order valence-corrected chi connectivity index (χ3v) is 2.69. The fourth-order valence-corrected chi connectivity index (χ4v) is 1.76. The van der Waals surface area contributed by atoms with Crippen LogP contribution in [-0.2, 0) is 0 Å². The van der Waals surface area contributed by atoms with Crippen LogP contribution in [0.5, 0.6) is 11.5 Å². The van der Waals surface area contributed by atoms with E-state index in [9.17, 15) is 14.5 Å². The summed E-state index contributed by atoms with van der Waals surface area (Å²) >= 11 is 0. The molecule has 0 atom stereocenters. The van der Waals surface area contributed by atoms with Crippen molar-refractivity contribution in [3.8, 4) is 17.6 Å². The Bertz CT molecular complexity index is 723. The van der Waals surface area contributed by atoms with Crippen LogP contribution < -0.4 is 4.74 Å².